The summed E-state index contributed by atoms with van der Waals surface area (Å²) in [6.07, 6.45) is 2.30. The molecule has 2 heterocycles. The summed E-state index contributed by atoms with van der Waals surface area (Å²) in [5, 5.41) is 11.2. The number of hydrogen-bond donors (Lipinski definition) is 1. The van der Waals surface area contributed by atoms with E-state index in [0.29, 0.717) is 5.89 Å². The number of aromatic nitrogens is 2. The van der Waals surface area contributed by atoms with Crippen LogP contribution < -0.4 is 5.32 Å². The van der Waals surface area contributed by atoms with E-state index in [2.05, 4.69) is 43.2 Å². The number of anilines is 1. The minimum Gasteiger partial charge on any atom is -0.423 e. The predicted molar refractivity (Wildman–Crippen MR) is 81.0 cm³/mol. The van der Waals surface area contributed by atoms with Crippen LogP contribution in [0.2, 0.25) is 0 Å². The van der Waals surface area contributed by atoms with Gasteiger partial charge in [-0.1, -0.05) is 6.07 Å². The van der Waals surface area contributed by atoms with Gasteiger partial charge < -0.3 is 14.5 Å². The largest absolute Gasteiger partial charge is 0.423 e. The lowest BCUT2D eigenvalue weighted by Gasteiger charge is -2.28. The van der Waals surface area contributed by atoms with E-state index in [0.717, 1.165) is 17.7 Å². The maximum atomic E-state index is 6.12. The Morgan fingerprint density at radius 2 is 2.05 bits per heavy atom. The van der Waals surface area contributed by atoms with Crippen LogP contribution >= 0.6 is 0 Å². The van der Waals surface area contributed by atoms with Crippen LogP contribution in [0, 0.1) is 0 Å². The van der Waals surface area contributed by atoms with Gasteiger partial charge in [-0.05, 0) is 52.3 Å². The van der Waals surface area contributed by atoms with E-state index in [-0.39, 0.29) is 17.2 Å². The van der Waals surface area contributed by atoms with E-state index in [1.54, 1.807) is 0 Å². The molecule has 5 nitrogen and oxygen atoms in total. The van der Waals surface area contributed by atoms with Gasteiger partial charge >= 0.3 is 0 Å². The molecule has 1 saturated heterocycles. The maximum absolute atomic E-state index is 6.12. The minimum absolute atomic E-state index is 0.106. The van der Waals surface area contributed by atoms with Gasteiger partial charge in [-0.2, -0.15) is 0 Å². The number of nitrogens with zero attached hydrogens (tertiary/aromatic N) is 2. The van der Waals surface area contributed by atoms with Crippen LogP contribution in [0.3, 0.4) is 0 Å². The first-order valence-corrected chi connectivity index (χ1v) is 7.19. The fourth-order valence-electron chi connectivity index (χ4n) is 3.03. The van der Waals surface area contributed by atoms with Crippen LogP contribution in [-0.4, -0.2) is 27.4 Å². The summed E-state index contributed by atoms with van der Waals surface area (Å²) in [4.78, 5) is 0. The van der Waals surface area contributed by atoms with Gasteiger partial charge in [0.25, 0.3) is 0 Å². The second kappa shape index (κ2) is 4.84. The summed E-state index contributed by atoms with van der Waals surface area (Å²) in [5.74, 6) is 0.529. The van der Waals surface area contributed by atoms with Crippen molar-refractivity contribution in [2.24, 2.45) is 0 Å². The monoisotopic (exact) mass is 287 g/mol. The van der Waals surface area contributed by atoms with Gasteiger partial charge in [0.1, 0.15) is 0 Å². The van der Waals surface area contributed by atoms with E-state index in [9.17, 15) is 0 Å². The maximum Gasteiger partial charge on any atom is 0.247 e. The van der Waals surface area contributed by atoms with Gasteiger partial charge in [0.15, 0.2) is 0 Å². The van der Waals surface area contributed by atoms with Crippen molar-refractivity contribution in [1.29, 1.82) is 0 Å². The lowest BCUT2D eigenvalue weighted by atomic mass is 9.94. The SMILES string of the molecule is CC1(C)CC(Nc2cccc(-c3nnco3)c2)C(C)(C)O1. The summed E-state index contributed by atoms with van der Waals surface area (Å²) in [7, 11) is 0. The fourth-order valence-corrected chi connectivity index (χ4v) is 3.03. The average Bonchev–Trinajstić information content (AvgIpc) is 2.96. The van der Waals surface area contributed by atoms with Crippen LogP contribution in [0.25, 0.3) is 11.5 Å². The van der Waals surface area contributed by atoms with Crippen LogP contribution in [0.5, 0.6) is 0 Å². The zero-order chi connectivity index (χ0) is 15.1. The molecule has 0 spiro atoms. The van der Waals surface area contributed by atoms with Crippen molar-refractivity contribution >= 4 is 5.69 Å². The molecule has 1 unspecified atom stereocenters. The summed E-state index contributed by atoms with van der Waals surface area (Å²) < 4.78 is 11.4. The molecule has 5 heteroatoms. The summed E-state index contributed by atoms with van der Waals surface area (Å²) in [5.41, 5.74) is 1.63. The summed E-state index contributed by atoms with van der Waals surface area (Å²) in [6, 6.07) is 8.26. The smallest absolute Gasteiger partial charge is 0.247 e. The Kier molecular flexibility index (Phi) is 3.24. The van der Waals surface area contributed by atoms with Crippen molar-refractivity contribution < 1.29 is 9.15 Å². The van der Waals surface area contributed by atoms with Crippen molar-refractivity contribution in [1.82, 2.24) is 10.2 Å². The zero-order valence-corrected chi connectivity index (χ0v) is 12.9. The molecule has 1 N–H and O–H groups in total. The second-order valence-electron chi connectivity index (χ2n) is 6.69. The third-order valence-electron chi connectivity index (χ3n) is 3.88. The summed E-state index contributed by atoms with van der Waals surface area (Å²) in [6.45, 7) is 8.51. The van der Waals surface area contributed by atoms with Gasteiger partial charge in [-0.25, -0.2) is 0 Å². The number of nitrogens with one attached hydrogen (secondary N) is 1. The highest BCUT2D eigenvalue weighted by Gasteiger charge is 2.45. The molecule has 1 aromatic carbocycles. The number of ether oxygens (including phenoxy) is 1. The zero-order valence-electron chi connectivity index (χ0n) is 12.9. The molecule has 21 heavy (non-hydrogen) atoms. The van der Waals surface area contributed by atoms with E-state index in [1.165, 1.54) is 6.39 Å². The Labute approximate surface area is 124 Å². The topological polar surface area (TPSA) is 60.2 Å². The van der Waals surface area contributed by atoms with Crippen LogP contribution in [0.15, 0.2) is 35.1 Å². The Morgan fingerprint density at radius 3 is 2.67 bits per heavy atom. The normalized spacial score (nSPS) is 23.1. The molecule has 1 aliphatic heterocycles. The molecule has 3 rings (SSSR count). The van der Waals surface area contributed by atoms with Crippen molar-refractivity contribution in [2.75, 3.05) is 5.32 Å². The Bertz CT molecular complexity index is 620. The van der Waals surface area contributed by atoms with Crippen LogP contribution in [-0.2, 0) is 4.74 Å². The average molecular weight is 287 g/mol. The molecule has 1 aromatic heterocycles. The first-order chi connectivity index (χ1) is 9.86. The molecule has 0 bridgehead atoms. The van der Waals surface area contributed by atoms with Gasteiger partial charge in [0, 0.05) is 11.3 Å². The van der Waals surface area contributed by atoms with Gasteiger partial charge in [0.05, 0.1) is 17.2 Å². The highest BCUT2D eigenvalue weighted by molar-refractivity contribution is 5.61. The van der Waals surface area contributed by atoms with Gasteiger partial charge in [-0.15, -0.1) is 10.2 Å². The van der Waals surface area contributed by atoms with E-state index in [4.69, 9.17) is 9.15 Å². The van der Waals surface area contributed by atoms with Crippen LogP contribution in [0.4, 0.5) is 5.69 Å². The minimum atomic E-state index is -0.204. The van der Waals surface area contributed by atoms with E-state index < -0.39 is 0 Å². The highest BCUT2D eigenvalue weighted by atomic mass is 16.5. The predicted octanol–water partition coefficient (Wildman–Crippen LogP) is 3.49. The summed E-state index contributed by atoms with van der Waals surface area (Å²) >= 11 is 0. The molecule has 1 aliphatic rings. The third kappa shape index (κ3) is 2.93. The van der Waals surface area contributed by atoms with Crippen molar-refractivity contribution in [3.05, 3.63) is 30.7 Å². The number of hydrogen-bond acceptors (Lipinski definition) is 5. The van der Waals surface area contributed by atoms with E-state index >= 15 is 0 Å². The molecule has 0 aliphatic carbocycles. The standard InChI is InChI=1S/C16H21N3O2/c1-15(2)9-13(16(3,4)21-15)18-12-7-5-6-11(8-12)14-19-17-10-20-14/h5-8,10,13,18H,9H2,1-4H3. The molecule has 0 radical (unpaired) electrons. The highest BCUT2D eigenvalue weighted by Crippen LogP contribution is 2.39. The molecular formula is C16H21N3O2. The second-order valence-corrected chi connectivity index (χ2v) is 6.69. The Morgan fingerprint density at radius 1 is 1.24 bits per heavy atom. The molecule has 112 valence electrons. The fraction of sp³-hybridized carbons (Fsp3) is 0.500. The molecule has 1 fully saturated rings. The lowest BCUT2D eigenvalue weighted by Crippen LogP contribution is -2.38. The first-order valence-electron chi connectivity index (χ1n) is 7.19. The van der Waals surface area contributed by atoms with Crippen molar-refractivity contribution in [2.45, 2.75) is 51.4 Å². The molecule has 2 aromatic rings. The number of benzene rings is 1. The Hall–Kier alpha value is -1.88. The third-order valence-corrected chi connectivity index (χ3v) is 3.88. The van der Waals surface area contributed by atoms with Gasteiger partial charge in [-0.3, -0.25) is 0 Å². The molecule has 1 atom stereocenters. The van der Waals surface area contributed by atoms with Crippen molar-refractivity contribution in [3.63, 3.8) is 0 Å². The van der Waals surface area contributed by atoms with Crippen molar-refractivity contribution in [3.8, 4) is 11.5 Å². The Balaban J connectivity index is 1.81. The molecule has 0 saturated carbocycles. The quantitative estimate of drug-likeness (QED) is 0.936. The van der Waals surface area contributed by atoms with E-state index in [1.807, 2.05) is 24.3 Å². The molecular weight excluding hydrogens is 266 g/mol. The lowest BCUT2D eigenvalue weighted by molar-refractivity contribution is -0.0662. The number of rotatable bonds is 3. The van der Waals surface area contributed by atoms with Crippen LogP contribution in [0.1, 0.15) is 34.1 Å². The van der Waals surface area contributed by atoms with Gasteiger partial charge in [0.2, 0.25) is 12.3 Å². The first kappa shape index (κ1) is 14.1. The molecule has 0 amide bonds.